The molecule has 4 nitrogen and oxygen atoms in total. The summed E-state index contributed by atoms with van der Waals surface area (Å²) in [7, 11) is 0. The molecule has 1 fully saturated rings. The van der Waals surface area contributed by atoms with Crippen molar-refractivity contribution in [1.29, 1.82) is 0 Å². The molecule has 0 amide bonds. The molecule has 0 aromatic carbocycles. The van der Waals surface area contributed by atoms with Crippen molar-refractivity contribution in [2.75, 3.05) is 26.2 Å². The highest BCUT2D eigenvalue weighted by Gasteiger charge is 2.10. The van der Waals surface area contributed by atoms with Gasteiger partial charge in [0.05, 0.1) is 6.42 Å². The van der Waals surface area contributed by atoms with Crippen molar-refractivity contribution in [3.05, 3.63) is 0 Å². The van der Waals surface area contributed by atoms with Gasteiger partial charge in [0.25, 0.3) is 0 Å². The topological polar surface area (TPSA) is 52.6 Å². The molecule has 15 heavy (non-hydrogen) atoms. The van der Waals surface area contributed by atoms with Gasteiger partial charge in [-0.1, -0.05) is 6.42 Å². The third-order valence-corrected chi connectivity index (χ3v) is 2.85. The van der Waals surface area contributed by atoms with Crippen molar-refractivity contribution < 1.29 is 9.90 Å². The van der Waals surface area contributed by atoms with Gasteiger partial charge < -0.3 is 15.3 Å². The summed E-state index contributed by atoms with van der Waals surface area (Å²) in [6.07, 6.45) is 4.19. The zero-order valence-corrected chi connectivity index (χ0v) is 9.54. The Morgan fingerprint density at radius 2 is 2.07 bits per heavy atom. The van der Waals surface area contributed by atoms with Gasteiger partial charge in [-0.15, -0.1) is 0 Å². The van der Waals surface area contributed by atoms with Crippen molar-refractivity contribution in [2.45, 2.75) is 38.6 Å². The second kappa shape index (κ2) is 6.80. The quantitative estimate of drug-likeness (QED) is 0.690. The van der Waals surface area contributed by atoms with Crippen molar-refractivity contribution >= 4 is 5.97 Å². The molecule has 1 rings (SSSR count). The molecule has 0 aliphatic carbocycles. The highest BCUT2D eigenvalue weighted by Crippen LogP contribution is 2.07. The maximum absolute atomic E-state index is 10.4. The first-order valence-electron chi connectivity index (χ1n) is 5.86. The number of rotatable bonds is 6. The largest absolute Gasteiger partial charge is 0.481 e. The zero-order chi connectivity index (χ0) is 11.1. The van der Waals surface area contributed by atoms with Gasteiger partial charge in [-0.2, -0.15) is 0 Å². The second-order valence-electron chi connectivity index (χ2n) is 4.36. The van der Waals surface area contributed by atoms with Gasteiger partial charge in [-0.3, -0.25) is 4.79 Å². The molecule has 0 saturated carbocycles. The number of hydrogen-bond donors (Lipinski definition) is 2. The summed E-state index contributed by atoms with van der Waals surface area (Å²) in [4.78, 5) is 12.9. The standard InChI is InChI=1S/C11H22N2O2/c1-10(9-11(14)15)12-5-8-13-6-3-2-4-7-13/h10,12H,2-9H2,1H3,(H,14,15). The molecule has 1 saturated heterocycles. The lowest BCUT2D eigenvalue weighted by atomic mass is 10.1. The molecule has 1 aliphatic rings. The van der Waals surface area contributed by atoms with Crippen molar-refractivity contribution in [3.63, 3.8) is 0 Å². The minimum atomic E-state index is -0.729. The van der Waals surface area contributed by atoms with E-state index < -0.39 is 5.97 Å². The highest BCUT2D eigenvalue weighted by molar-refractivity contribution is 5.67. The predicted molar refractivity (Wildman–Crippen MR) is 60.0 cm³/mol. The fourth-order valence-electron chi connectivity index (χ4n) is 1.99. The summed E-state index contributed by atoms with van der Waals surface area (Å²) >= 11 is 0. The lowest BCUT2D eigenvalue weighted by Gasteiger charge is -2.26. The highest BCUT2D eigenvalue weighted by atomic mass is 16.4. The maximum Gasteiger partial charge on any atom is 0.304 e. The lowest BCUT2D eigenvalue weighted by molar-refractivity contribution is -0.137. The van der Waals surface area contributed by atoms with E-state index >= 15 is 0 Å². The fourth-order valence-corrected chi connectivity index (χ4v) is 1.99. The number of carboxylic acid groups (broad SMARTS) is 1. The second-order valence-corrected chi connectivity index (χ2v) is 4.36. The predicted octanol–water partition coefficient (Wildman–Crippen LogP) is 0.925. The van der Waals surface area contributed by atoms with E-state index in [2.05, 4.69) is 10.2 Å². The van der Waals surface area contributed by atoms with Gasteiger partial charge in [0.15, 0.2) is 0 Å². The Balaban J connectivity index is 2.02. The summed E-state index contributed by atoms with van der Waals surface area (Å²) < 4.78 is 0. The molecule has 88 valence electrons. The number of nitrogens with zero attached hydrogens (tertiary/aromatic N) is 1. The van der Waals surface area contributed by atoms with E-state index in [0.29, 0.717) is 0 Å². The average molecular weight is 214 g/mol. The van der Waals surface area contributed by atoms with E-state index in [1.165, 1.54) is 32.4 Å². The molecule has 0 spiro atoms. The molecule has 1 heterocycles. The Kier molecular flexibility index (Phi) is 5.65. The first kappa shape index (κ1) is 12.5. The third-order valence-electron chi connectivity index (χ3n) is 2.85. The van der Waals surface area contributed by atoms with Crippen LogP contribution in [0.3, 0.4) is 0 Å². The molecule has 0 aromatic heterocycles. The molecule has 1 aliphatic heterocycles. The molecule has 1 atom stereocenters. The maximum atomic E-state index is 10.4. The Labute approximate surface area is 91.6 Å². The van der Waals surface area contributed by atoms with E-state index in [-0.39, 0.29) is 12.5 Å². The number of nitrogens with one attached hydrogen (secondary N) is 1. The van der Waals surface area contributed by atoms with Crippen LogP contribution in [0.5, 0.6) is 0 Å². The molecule has 4 heteroatoms. The molecule has 2 N–H and O–H groups in total. The Morgan fingerprint density at radius 3 is 2.67 bits per heavy atom. The number of likely N-dealkylation sites (tertiary alicyclic amines) is 1. The van der Waals surface area contributed by atoms with Crippen LogP contribution in [-0.4, -0.2) is 48.2 Å². The van der Waals surface area contributed by atoms with Crippen molar-refractivity contribution in [3.8, 4) is 0 Å². The minimum absolute atomic E-state index is 0.0762. The Bertz CT molecular complexity index is 191. The molecular formula is C11H22N2O2. The van der Waals surface area contributed by atoms with Crippen LogP contribution in [0.1, 0.15) is 32.6 Å². The van der Waals surface area contributed by atoms with E-state index in [0.717, 1.165) is 13.1 Å². The van der Waals surface area contributed by atoms with E-state index in [1.807, 2.05) is 6.92 Å². The van der Waals surface area contributed by atoms with Gasteiger partial charge in [0.2, 0.25) is 0 Å². The summed E-state index contributed by atoms with van der Waals surface area (Å²) in [5, 5.41) is 11.8. The summed E-state index contributed by atoms with van der Waals surface area (Å²) in [6.45, 7) is 6.27. The van der Waals surface area contributed by atoms with Gasteiger partial charge in [0, 0.05) is 19.1 Å². The first-order chi connectivity index (χ1) is 7.18. The summed E-state index contributed by atoms with van der Waals surface area (Å²) in [6, 6.07) is 0.0762. The van der Waals surface area contributed by atoms with Crippen LogP contribution >= 0.6 is 0 Å². The Hall–Kier alpha value is -0.610. The number of hydrogen-bond acceptors (Lipinski definition) is 3. The van der Waals surface area contributed by atoms with Crippen LogP contribution in [0.2, 0.25) is 0 Å². The monoisotopic (exact) mass is 214 g/mol. The normalized spacial score (nSPS) is 20.1. The number of carbonyl (C=O) groups is 1. The van der Waals surface area contributed by atoms with Crippen LogP contribution in [0.4, 0.5) is 0 Å². The van der Waals surface area contributed by atoms with Gasteiger partial charge in [-0.05, 0) is 32.9 Å². The van der Waals surface area contributed by atoms with Gasteiger partial charge in [-0.25, -0.2) is 0 Å². The summed E-state index contributed by atoms with van der Waals surface area (Å²) in [5.74, 6) is -0.729. The molecular weight excluding hydrogens is 192 g/mol. The average Bonchev–Trinajstić information content (AvgIpc) is 2.18. The van der Waals surface area contributed by atoms with Crippen LogP contribution in [0.25, 0.3) is 0 Å². The van der Waals surface area contributed by atoms with Gasteiger partial charge >= 0.3 is 5.97 Å². The number of piperidine rings is 1. The van der Waals surface area contributed by atoms with Gasteiger partial charge in [0.1, 0.15) is 0 Å². The zero-order valence-electron chi connectivity index (χ0n) is 9.54. The molecule has 0 radical (unpaired) electrons. The van der Waals surface area contributed by atoms with Crippen LogP contribution < -0.4 is 5.32 Å². The fraction of sp³-hybridized carbons (Fsp3) is 0.909. The van der Waals surface area contributed by atoms with Crippen LogP contribution in [0, 0.1) is 0 Å². The van der Waals surface area contributed by atoms with E-state index in [1.54, 1.807) is 0 Å². The van der Waals surface area contributed by atoms with Crippen LogP contribution in [-0.2, 0) is 4.79 Å². The SMILES string of the molecule is CC(CC(=O)O)NCCN1CCCCC1. The van der Waals surface area contributed by atoms with E-state index in [9.17, 15) is 4.79 Å². The van der Waals surface area contributed by atoms with Crippen molar-refractivity contribution in [2.24, 2.45) is 0 Å². The molecule has 0 bridgehead atoms. The minimum Gasteiger partial charge on any atom is -0.481 e. The number of carboxylic acids is 1. The lowest BCUT2D eigenvalue weighted by Crippen LogP contribution is -2.39. The smallest absolute Gasteiger partial charge is 0.304 e. The Morgan fingerprint density at radius 1 is 1.40 bits per heavy atom. The summed E-state index contributed by atoms with van der Waals surface area (Å²) in [5.41, 5.74) is 0. The van der Waals surface area contributed by atoms with Crippen LogP contribution in [0.15, 0.2) is 0 Å². The first-order valence-corrected chi connectivity index (χ1v) is 5.86. The molecule has 1 unspecified atom stereocenters. The molecule has 0 aromatic rings. The van der Waals surface area contributed by atoms with E-state index in [4.69, 9.17) is 5.11 Å². The third kappa shape index (κ3) is 5.74. The number of aliphatic carboxylic acids is 1. The van der Waals surface area contributed by atoms with Crippen molar-refractivity contribution in [1.82, 2.24) is 10.2 Å².